The van der Waals surface area contributed by atoms with Crippen LogP contribution < -0.4 is 21.8 Å². The standard InChI is InChI=1S/C48H77N9O8.C3H8/c1-11-33(2)44(56(8)43(60)32-51-48(54(4)5)55(6)7)40(63-9)30-42(59)57-27-18-21-39(57)45(64-10)34(3)46(61)53-38(29-35-19-14-12-15-20-35)47(62)52-37-25-23-36(24-26-37)31-50-41(58)22-16-13-17-28-65-49;1-3-2/h12,14-15,19-20,23-26,33-34,38-40,44-45H,11,13,16-18,21-22,27-32,49H2,1-10H3,(H,50,58)(H,52,62)(H,53,61);3H2,1-2H3/t33?,34?,38-,39?,40?,44?,45?;/m0./s1. The van der Waals surface area contributed by atoms with Crippen LogP contribution in [0.5, 0.6) is 0 Å². The molecule has 382 valence electrons. The number of ether oxygens (including phenoxy) is 2. The van der Waals surface area contributed by atoms with Crippen LogP contribution in [0.25, 0.3) is 0 Å². The van der Waals surface area contributed by atoms with E-state index < -0.39 is 42.2 Å². The Morgan fingerprint density at radius 2 is 1.50 bits per heavy atom. The maximum atomic E-state index is 14.3. The van der Waals surface area contributed by atoms with Gasteiger partial charge in [-0.1, -0.05) is 96.3 Å². The summed E-state index contributed by atoms with van der Waals surface area (Å²) in [6.07, 6.45) is 5.18. The van der Waals surface area contributed by atoms with Gasteiger partial charge in [-0.25, -0.2) is 10.9 Å². The molecule has 1 heterocycles. The fourth-order valence-corrected chi connectivity index (χ4v) is 8.49. The van der Waals surface area contributed by atoms with Gasteiger partial charge in [-0.3, -0.25) is 24.0 Å². The van der Waals surface area contributed by atoms with Crippen molar-refractivity contribution < 1.29 is 38.3 Å². The molecule has 0 saturated carbocycles. The van der Waals surface area contributed by atoms with Gasteiger partial charge < -0.3 is 49.9 Å². The minimum atomic E-state index is -0.927. The maximum Gasteiger partial charge on any atom is 0.247 e. The summed E-state index contributed by atoms with van der Waals surface area (Å²) in [7, 11) is 12.3. The number of rotatable bonds is 26. The zero-order chi connectivity index (χ0) is 50.8. The molecule has 1 saturated heterocycles. The monoisotopic (exact) mass is 952 g/mol. The van der Waals surface area contributed by atoms with Crippen LogP contribution in [0.1, 0.15) is 104 Å². The molecule has 0 radical (unpaired) electrons. The number of carbonyl (C=O) groups excluding carboxylic acids is 5. The summed E-state index contributed by atoms with van der Waals surface area (Å²) in [5, 5.41) is 8.88. The topological polar surface area (TPSA) is 200 Å². The Morgan fingerprint density at radius 1 is 0.853 bits per heavy atom. The highest BCUT2D eigenvalue weighted by atomic mass is 16.6. The van der Waals surface area contributed by atoms with Crippen molar-refractivity contribution in [2.45, 2.75) is 136 Å². The van der Waals surface area contributed by atoms with E-state index in [1.807, 2.05) is 87.4 Å². The second-order valence-corrected chi connectivity index (χ2v) is 18.2. The third kappa shape index (κ3) is 19.5. The summed E-state index contributed by atoms with van der Waals surface area (Å²) in [5.74, 6) is 3.84. The summed E-state index contributed by atoms with van der Waals surface area (Å²) in [6.45, 7) is 11.4. The second kappa shape index (κ2) is 31.9. The lowest BCUT2D eigenvalue weighted by atomic mass is 9.90. The van der Waals surface area contributed by atoms with Crippen LogP contribution in [0.4, 0.5) is 5.69 Å². The summed E-state index contributed by atoms with van der Waals surface area (Å²) in [4.78, 5) is 84.5. The molecule has 1 fully saturated rings. The van der Waals surface area contributed by atoms with Crippen molar-refractivity contribution >= 4 is 41.2 Å². The molecule has 5 amide bonds. The molecule has 2 aromatic carbocycles. The predicted molar refractivity (Wildman–Crippen MR) is 269 cm³/mol. The van der Waals surface area contributed by atoms with E-state index in [0.717, 1.165) is 43.2 Å². The van der Waals surface area contributed by atoms with Gasteiger partial charge in [0, 0.05) is 81.1 Å². The summed E-state index contributed by atoms with van der Waals surface area (Å²) in [5.41, 5.74) is 2.28. The Balaban J connectivity index is 0.00000514. The molecule has 0 bridgehead atoms. The summed E-state index contributed by atoms with van der Waals surface area (Å²) in [6, 6.07) is 14.9. The van der Waals surface area contributed by atoms with Gasteiger partial charge in [0.05, 0.1) is 43.2 Å². The number of nitrogens with one attached hydrogen (secondary N) is 3. The van der Waals surface area contributed by atoms with Gasteiger partial charge in [0.15, 0.2) is 5.96 Å². The Morgan fingerprint density at radius 3 is 2.07 bits per heavy atom. The van der Waals surface area contributed by atoms with E-state index in [2.05, 4.69) is 46.6 Å². The molecule has 17 nitrogen and oxygen atoms in total. The first-order valence-electron chi connectivity index (χ1n) is 24.3. The molecule has 1 aliphatic heterocycles. The minimum Gasteiger partial charge on any atom is -0.379 e. The van der Waals surface area contributed by atoms with Crippen LogP contribution in [0.15, 0.2) is 59.6 Å². The average molecular weight is 952 g/mol. The molecule has 7 atom stereocenters. The van der Waals surface area contributed by atoms with Crippen LogP contribution in [-0.2, 0) is 51.2 Å². The van der Waals surface area contributed by atoms with E-state index in [4.69, 9.17) is 15.4 Å². The summed E-state index contributed by atoms with van der Waals surface area (Å²) >= 11 is 0. The molecule has 6 unspecified atom stereocenters. The smallest absolute Gasteiger partial charge is 0.247 e. The Kier molecular flexibility index (Phi) is 27.6. The number of unbranched alkanes of at least 4 members (excludes halogenated alkanes) is 2. The normalized spacial score (nSPS) is 15.8. The van der Waals surface area contributed by atoms with E-state index in [1.165, 1.54) is 13.5 Å². The first kappa shape index (κ1) is 59.0. The number of benzene rings is 2. The summed E-state index contributed by atoms with van der Waals surface area (Å²) < 4.78 is 12.0. The molecule has 1 aliphatic rings. The lowest BCUT2D eigenvalue weighted by Crippen LogP contribution is -2.54. The van der Waals surface area contributed by atoms with Crippen molar-refractivity contribution in [2.75, 3.05) is 74.5 Å². The van der Waals surface area contributed by atoms with E-state index >= 15 is 0 Å². The van der Waals surface area contributed by atoms with Crippen LogP contribution in [0.2, 0.25) is 0 Å². The first-order valence-corrected chi connectivity index (χ1v) is 24.3. The fraction of sp³-hybridized carbons (Fsp3) is 0.647. The Bertz CT molecular complexity index is 1820. The molecule has 3 rings (SSSR count). The van der Waals surface area contributed by atoms with Crippen molar-refractivity contribution in [1.82, 2.24) is 30.2 Å². The number of nitrogens with zero attached hydrogens (tertiary/aromatic N) is 5. The maximum absolute atomic E-state index is 14.3. The number of likely N-dealkylation sites (tertiary alicyclic amines) is 1. The highest BCUT2D eigenvalue weighted by Crippen LogP contribution is 2.29. The number of aliphatic imine (C=N–C) groups is 1. The third-order valence-electron chi connectivity index (χ3n) is 12.3. The van der Waals surface area contributed by atoms with Gasteiger partial charge in [0.2, 0.25) is 29.5 Å². The number of anilines is 1. The van der Waals surface area contributed by atoms with Crippen molar-refractivity contribution in [3.05, 3.63) is 65.7 Å². The largest absolute Gasteiger partial charge is 0.379 e. The number of carbonyl (C=O) groups is 5. The van der Waals surface area contributed by atoms with E-state index in [-0.39, 0.29) is 48.9 Å². The van der Waals surface area contributed by atoms with Gasteiger partial charge in [-0.2, -0.15) is 0 Å². The fourth-order valence-electron chi connectivity index (χ4n) is 8.49. The molecule has 2 aromatic rings. The van der Waals surface area contributed by atoms with Crippen LogP contribution >= 0.6 is 0 Å². The van der Waals surface area contributed by atoms with Gasteiger partial charge in [0.1, 0.15) is 12.6 Å². The van der Waals surface area contributed by atoms with E-state index in [1.54, 1.807) is 43.0 Å². The minimum absolute atomic E-state index is 0.0149. The third-order valence-corrected chi connectivity index (χ3v) is 12.3. The quantitative estimate of drug-likeness (QED) is 0.0417. The Labute approximate surface area is 407 Å². The van der Waals surface area contributed by atoms with Crippen molar-refractivity contribution in [2.24, 2.45) is 22.7 Å². The number of hydrogen-bond donors (Lipinski definition) is 4. The number of amides is 5. The molecular formula is C51H85N9O8. The molecule has 0 aromatic heterocycles. The lowest BCUT2D eigenvalue weighted by Gasteiger charge is -2.39. The van der Waals surface area contributed by atoms with Crippen molar-refractivity contribution in [1.29, 1.82) is 0 Å². The van der Waals surface area contributed by atoms with Gasteiger partial charge in [-0.15, -0.1) is 0 Å². The van der Waals surface area contributed by atoms with Gasteiger partial charge in [0.25, 0.3) is 0 Å². The molecule has 5 N–H and O–H groups in total. The molecule has 0 spiro atoms. The van der Waals surface area contributed by atoms with E-state index in [9.17, 15) is 24.0 Å². The zero-order valence-corrected chi connectivity index (χ0v) is 43.2. The molecule has 0 aliphatic carbocycles. The number of nitrogens with two attached hydrogens (primary N) is 1. The van der Waals surface area contributed by atoms with E-state index in [0.29, 0.717) is 44.2 Å². The highest BCUT2D eigenvalue weighted by Gasteiger charge is 2.42. The Hall–Kier alpha value is -5.10. The zero-order valence-electron chi connectivity index (χ0n) is 43.2. The van der Waals surface area contributed by atoms with Crippen molar-refractivity contribution in [3.63, 3.8) is 0 Å². The SMILES string of the molecule is CCC.CCC(C)C(C(CC(=O)N1CCCC1C(OC)C(C)C(=O)N[C@@H](Cc1ccccc1)C(=O)Nc1ccc(CNC(=O)CCCCCON)cc1)OC)N(C)C(=O)CN=C(N(C)C)N(C)C. The molecule has 17 heteroatoms. The molecule has 68 heavy (non-hydrogen) atoms. The number of methoxy groups -OCH3 is 2. The van der Waals surface area contributed by atoms with Crippen LogP contribution in [-0.4, -0.2) is 155 Å². The number of hydrogen-bond acceptors (Lipinski definition) is 10. The molecular weight excluding hydrogens is 867 g/mol. The van der Waals surface area contributed by atoms with Gasteiger partial charge in [-0.05, 0) is 54.9 Å². The first-order chi connectivity index (χ1) is 32.5. The number of likely N-dealkylation sites (N-methyl/N-ethyl adjacent to an activating group) is 1. The predicted octanol–water partition coefficient (Wildman–Crippen LogP) is 5.24. The van der Waals surface area contributed by atoms with Crippen LogP contribution in [0.3, 0.4) is 0 Å². The highest BCUT2D eigenvalue weighted by molar-refractivity contribution is 5.97. The van der Waals surface area contributed by atoms with Gasteiger partial charge >= 0.3 is 0 Å². The average Bonchev–Trinajstić information content (AvgIpc) is 3.81. The number of guanidine groups is 1. The van der Waals surface area contributed by atoms with Crippen molar-refractivity contribution in [3.8, 4) is 0 Å². The lowest BCUT2D eigenvalue weighted by molar-refractivity contribution is -0.145. The van der Waals surface area contributed by atoms with Crippen LogP contribution in [0, 0.1) is 11.8 Å². The second-order valence-electron chi connectivity index (χ2n) is 18.2.